The molecule has 0 bridgehead atoms. The fourth-order valence-electron chi connectivity index (χ4n) is 1.39. The molecule has 2 heterocycles. The summed E-state index contributed by atoms with van der Waals surface area (Å²) in [6, 6.07) is 3.58. The first-order valence-electron chi connectivity index (χ1n) is 4.76. The molecule has 1 unspecified atom stereocenters. The van der Waals surface area contributed by atoms with Crippen molar-refractivity contribution in [1.29, 1.82) is 0 Å². The van der Waals surface area contributed by atoms with Crippen molar-refractivity contribution in [2.45, 2.75) is 12.5 Å². The Morgan fingerprint density at radius 3 is 3.00 bits per heavy atom. The molecule has 1 atom stereocenters. The van der Waals surface area contributed by atoms with Crippen LogP contribution in [0.1, 0.15) is 12.1 Å². The minimum absolute atomic E-state index is 0.141. The fraction of sp³-hybridized carbons (Fsp3) is 0.400. The summed E-state index contributed by atoms with van der Waals surface area (Å²) in [6.45, 7) is 1.42. The minimum Gasteiger partial charge on any atom is -0.486 e. The number of thiocarbonyl (C=S) groups is 1. The molecule has 1 saturated heterocycles. The molecular formula is C10H12N2O2S. The fourth-order valence-corrected chi connectivity index (χ4v) is 1.51. The lowest BCUT2D eigenvalue weighted by Gasteiger charge is -2.11. The summed E-state index contributed by atoms with van der Waals surface area (Å²) < 4.78 is 10.8. The first-order chi connectivity index (χ1) is 7.25. The van der Waals surface area contributed by atoms with Crippen LogP contribution in [0.2, 0.25) is 0 Å². The molecule has 2 rings (SSSR count). The van der Waals surface area contributed by atoms with E-state index in [0.717, 1.165) is 18.8 Å². The maximum atomic E-state index is 5.64. The topological polar surface area (TPSA) is 57.4 Å². The van der Waals surface area contributed by atoms with Crippen LogP contribution in [0.3, 0.4) is 0 Å². The number of pyridine rings is 1. The molecule has 1 aliphatic rings. The largest absolute Gasteiger partial charge is 0.486 e. The minimum atomic E-state index is 0.141. The van der Waals surface area contributed by atoms with Gasteiger partial charge in [0.1, 0.15) is 16.8 Å². The molecule has 0 aliphatic carbocycles. The Balaban J connectivity index is 2.00. The molecule has 1 aromatic heterocycles. The van der Waals surface area contributed by atoms with Gasteiger partial charge in [-0.2, -0.15) is 0 Å². The molecule has 4 nitrogen and oxygen atoms in total. The van der Waals surface area contributed by atoms with Gasteiger partial charge in [-0.05, 0) is 12.1 Å². The van der Waals surface area contributed by atoms with Crippen LogP contribution in [0.15, 0.2) is 18.3 Å². The van der Waals surface area contributed by atoms with Crippen molar-refractivity contribution in [2.75, 3.05) is 13.2 Å². The van der Waals surface area contributed by atoms with Gasteiger partial charge in [-0.15, -0.1) is 0 Å². The summed E-state index contributed by atoms with van der Waals surface area (Å²) in [7, 11) is 0. The van der Waals surface area contributed by atoms with Crippen molar-refractivity contribution in [1.82, 2.24) is 4.98 Å². The van der Waals surface area contributed by atoms with Gasteiger partial charge in [-0.25, -0.2) is 4.98 Å². The smallest absolute Gasteiger partial charge is 0.138 e. The first kappa shape index (κ1) is 10.3. The zero-order valence-electron chi connectivity index (χ0n) is 8.18. The van der Waals surface area contributed by atoms with Crippen molar-refractivity contribution in [3.8, 4) is 5.75 Å². The van der Waals surface area contributed by atoms with E-state index < -0.39 is 0 Å². The third-order valence-electron chi connectivity index (χ3n) is 2.18. The van der Waals surface area contributed by atoms with Gasteiger partial charge >= 0.3 is 0 Å². The predicted molar refractivity (Wildman–Crippen MR) is 60.0 cm³/mol. The quantitative estimate of drug-likeness (QED) is 0.772. The molecule has 15 heavy (non-hydrogen) atoms. The molecule has 0 spiro atoms. The molecule has 0 saturated carbocycles. The number of hydrogen-bond donors (Lipinski definition) is 1. The number of ether oxygens (including phenoxy) is 2. The van der Waals surface area contributed by atoms with Crippen LogP contribution in [0.5, 0.6) is 5.75 Å². The van der Waals surface area contributed by atoms with E-state index >= 15 is 0 Å². The van der Waals surface area contributed by atoms with Crippen LogP contribution < -0.4 is 10.5 Å². The zero-order valence-corrected chi connectivity index (χ0v) is 9.00. The Hall–Kier alpha value is -1.20. The van der Waals surface area contributed by atoms with E-state index in [1.165, 1.54) is 0 Å². The summed E-state index contributed by atoms with van der Waals surface area (Å²) in [4.78, 5) is 4.39. The highest BCUT2D eigenvalue weighted by Crippen LogP contribution is 2.15. The average molecular weight is 224 g/mol. The maximum absolute atomic E-state index is 5.64. The Morgan fingerprint density at radius 1 is 1.60 bits per heavy atom. The average Bonchev–Trinajstić information content (AvgIpc) is 2.71. The van der Waals surface area contributed by atoms with Crippen molar-refractivity contribution in [3.63, 3.8) is 0 Å². The van der Waals surface area contributed by atoms with Gasteiger partial charge in [-0.3, -0.25) is 0 Å². The van der Waals surface area contributed by atoms with Crippen LogP contribution in [-0.4, -0.2) is 29.3 Å². The van der Waals surface area contributed by atoms with Gasteiger partial charge in [0.05, 0.1) is 25.1 Å². The zero-order chi connectivity index (χ0) is 10.7. The van der Waals surface area contributed by atoms with Gasteiger partial charge in [0.15, 0.2) is 0 Å². The van der Waals surface area contributed by atoms with Crippen molar-refractivity contribution in [2.24, 2.45) is 5.73 Å². The third kappa shape index (κ3) is 2.64. The predicted octanol–water partition coefficient (Wildman–Crippen LogP) is 0.883. The lowest BCUT2D eigenvalue weighted by atomic mass is 10.3. The molecule has 2 N–H and O–H groups in total. The molecule has 1 fully saturated rings. The van der Waals surface area contributed by atoms with E-state index in [9.17, 15) is 0 Å². The number of hydrogen-bond acceptors (Lipinski definition) is 4. The summed E-state index contributed by atoms with van der Waals surface area (Å²) in [5, 5.41) is 0. The molecular weight excluding hydrogens is 212 g/mol. The highest BCUT2D eigenvalue weighted by molar-refractivity contribution is 7.80. The monoisotopic (exact) mass is 224 g/mol. The van der Waals surface area contributed by atoms with E-state index in [-0.39, 0.29) is 6.10 Å². The van der Waals surface area contributed by atoms with Gasteiger partial charge in [0.2, 0.25) is 0 Å². The van der Waals surface area contributed by atoms with E-state index in [1.807, 2.05) is 6.07 Å². The Bertz CT molecular complexity index is 347. The summed E-state index contributed by atoms with van der Waals surface area (Å²) in [5.41, 5.74) is 6.05. The van der Waals surface area contributed by atoms with E-state index in [4.69, 9.17) is 27.4 Å². The van der Waals surface area contributed by atoms with Crippen LogP contribution in [0, 0.1) is 0 Å². The van der Waals surface area contributed by atoms with Gasteiger partial charge < -0.3 is 15.2 Å². The van der Waals surface area contributed by atoms with Crippen molar-refractivity contribution >= 4 is 17.2 Å². The second-order valence-electron chi connectivity index (χ2n) is 3.35. The van der Waals surface area contributed by atoms with Gasteiger partial charge in [-0.1, -0.05) is 12.2 Å². The number of aromatic nitrogens is 1. The summed E-state index contributed by atoms with van der Waals surface area (Å²) >= 11 is 4.80. The molecule has 0 radical (unpaired) electrons. The lowest BCUT2D eigenvalue weighted by Crippen LogP contribution is -2.16. The van der Waals surface area contributed by atoms with E-state index in [0.29, 0.717) is 17.3 Å². The second-order valence-corrected chi connectivity index (χ2v) is 3.79. The van der Waals surface area contributed by atoms with Gasteiger partial charge in [0, 0.05) is 6.42 Å². The highest BCUT2D eigenvalue weighted by atomic mass is 32.1. The summed E-state index contributed by atoms with van der Waals surface area (Å²) in [6.07, 6.45) is 2.70. The normalized spacial score (nSPS) is 20.1. The molecule has 80 valence electrons. The van der Waals surface area contributed by atoms with E-state index in [1.54, 1.807) is 12.3 Å². The molecule has 0 aromatic carbocycles. The first-order valence-corrected chi connectivity index (χ1v) is 5.17. The Kier molecular flexibility index (Phi) is 3.13. The number of rotatable bonds is 3. The molecule has 1 aromatic rings. The standard InChI is InChI=1S/C10H12N2O2S/c11-10(15)9-2-1-7(5-12-9)14-8-3-4-13-6-8/h1-2,5,8H,3-4,6H2,(H2,11,15). The molecule has 1 aliphatic heterocycles. The summed E-state index contributed by atoms with van der Waals surface area (Å²) in [5.74, 6) is 0.727. The molecule has 0 amide bonds. The Morgan fingerprint density at radius 2 is 2.47 bits per heavy atom. The van der Waals surface area contributed by atoms with Crippen LogP contribution in [-0.2, 0) is 4.74 Å². The van der Waals surface area contributed by atoms with E-state index in [2.05, 4.69) is 4.98 Å². The van der Waals surface area contributed by atoms with Crippen LogP contribution in [0.25, 0.3) is 0 Å². The maximum Gasteiger partial charge on any atom is 0.138 e. The van der Waals surface area contributed by atoms with Gasteiger partial charge in [0.25, 0.3) is 0 Å². The van der Waals surface area contributed by atoms with Crippen molar-refractivity contribution in [3.05, 3.63) is 24.0 Å². The highest BCUT2D eigenvalue weighted by Gasteiger charge is 2.17. The SMILES string of the molecule is NC(=S)c1ccc(OC2CCOC2)cn1. The third-order valence-corrected chi connectivity index (χ3v) is 2.39. The number of nitrogens with zero attached hydrogens (tertiary/aromatic N) is 1. The lowest BCUT2D eigenvalue weighted by molar-refractivity contribution is 0.141. The Labute approximate surface area is 93.4 Å². The van der Waals surface area contributed by atoms with Crippen LogP contribution >= 0.6 is 12.2 Å². The molecule has 5 heteroatoms. The van der Waals surface area contributed by atoms with Crippen molar-refractivity contribution < 1.29 is 9.47 Å². The number of nitrogens with two attached hydrogens (primary N) is 1. The van der Waals surface area contributed by atoms with Crippen LogP contribution in [0.4, 0.5) is 0 Å². The second kappa shape index (κ2) is 4.55.